The number of halogens is 2. The predicted octanol–water partition coefficient (Wildman–Crippen LogP) is 4.03. The van der Waals surface area contributed by atoms with Crippen molar-refractivity contribution >= 4 is 44.8 Å². The molecule has 0 fully saturated rings. The van der Waals surface area contributed by atoms with Crippen LogP contribution in [0.4, 0.5) is 5.69 Å². The smallest absolute Gasteiger partial charge is 0.241 e. The van der Waals surface area contributed by atoms with Crippen molar-refractivity contribution in [1.29, 1.82) is 0 Å². The number of nitrogens with zero attached hydrogens (tertiary/aromatic N) is 1. The summed E-state index contributed by atoms with van der Waals surface area (Å²) in [5, 5.41) is 3.40. The van der Waals surface area contributed by atoms with E-state index in [1.54, 1.807) is 0 Å². The lowest BCUT2D eigenvalue weighted by molar-refractivity contribution is -0.120. The summed E-state index contributed by atoms with van der Waals surface area (Å²) in [6.07, 6.45) is 1.72. The van der Waals surface area contributed by atoms with Crippen molar-refractivity contribution in [1.82, 2.24) is 5.32 Å². The van der Waals surface area contributed by atoms with Crippen molar-refractivity contribution in [3.8, 4) is 0 Å². The van der Waals surface area contributed by atoms with Gasteiger partial charge in [0, 0.05) is 0 Å². The third-order valence-corrected chi connectivity index (χ3v) is 5.70. The number of carbonyl (C=O) groups is 1. The van der Waals surface area contributed by atoms with Crippen LogP contribution in [0.2, 0.25) is 10.0 Å². The summed E-state index contributed by atoms with van der Waals surface area (Å²) in [4.78, 5) is 12.5. The van der Waals surface area contributed by atoms with Gasteiger partial charge in [0.2, 0.25) is 15.9 Å². The number of benzene rings is 2. The molecule has 1 N–H and O–H groups in total. The molecule has 0 saturated heterocycles. The van der Waals surface area contributed by atoms with E-state index in [1.807, 2.05) is 37.3 Å². The van der Waals surface area contributed by atoms with E-state index in [9.17, 15) is 13.2 Å². The summed E-state index contributed by atoms with van der Waals surface area (Å²) < 4.78 is 25.3. The van der Waals surface area contributed by atoms with Gasteiger partial charge >= 0.3 is 0 Å². The summed E-state index contributed by atoms with van der Waals surface area (Å²) in [7, 11) is -3.68. The van der Waals surface area contributed by atoms with Gasteiger partial charge in [0.1, 0.15) is 6.54 Å². The Kier molecular flexibility index (Phi) is 6.92. The molecule has 2 rings (SSSR count). The first kappa shape index (κ1) is 20.6. The van der Waals surface area contributed by atoms with Crippen molar-refractivity contribution in [3.63, 3.8) is 0 Å². The Labute approximate surface area is 164 Å². The first-order chi connectivity index (χ1) is 12.2. The zero-order valence-corrected chi connectivity index (χ0v) is 16.8. The molecular weight excluding hydrogens is 395 g/mol. The Morgan fingerprint density at radius 1 is 1.12 bits per heavy atom. The van der Waals surface area contributed by atoms with Crippen LogP contribution < -0.4 is 9.62 Å². The number of sulfonamides is 1. The summed E-state index contributed by atoms with van der Waals surface area (Å²) in [5.41, 5.74) is 1.24. The molecule has 0 spiro atoms. The molecule has 1 amide bonds. The minimum Gasteiger partial charge on any atom is -0.348 e. The van der Waals surface area contributed by atoms with Gasteiger partial charge < -0.3 is 5.32 Å². The first-order valence-corrected chi connectivity index (χ1v) is 10.6. The lowest BCUT2D eigenvalue weighted by Crippen LogP contribution is -2.41. The van der Waals surface area contributed by atoms with E-state index >= 15 is 0 Å². The van der Waals surface area contributed by atoms with Crippen LogP contribution >= 0.6 is 23.2 Å². The lowest BCUT2D eigenvalue weighted by Gasteiger charge is -2.24. The van der Waals surface area contributed by atoms with Crippen LogP contribution in [0.25, 0.3) is 0 Å². The van der Waals surface area contributed by atoms with Crippen molar-refractivity contribution in [2.75, 3.05) is 17.1 Å². The molecule has 26 heavy (non-hydrogen) atoms. The molecule has 0 aliphatic rings. The topological polar surface area (TPSA) is 66.5 Å². The third-order valence-electron chi connectivity index (χ3n) is 3.82. The van der Waals surface area contributed by atoms with E-state index < -0.39 is 15.9 Å². The van der Waals surface area contributed by atoms with Crippen LogP contribution in [0.3, 0.4) is 0 Å². The third kappa shape index (κ3) is 5.37. The fourth-order valence-corrected chi connectivity index (χ4v) is 3.66. The van der Waals surface area contributed by atoms with E-state index in [1.165, 1.54) is 18.2 Å². The summed E-state index contributed by atoms with van der Waals surface area (Å²) in [6, 6.07) is 13.7. The van der Waals surface area contributed by atoms with Gasteiger partial charge in [-0.1, -0.05) is 60.5 Å². The van der Waals surface area contributed by atoms with Crippen LogP contribution in [0.1, 0.15) is 24.9 Å². The van der Waals surface area contributed by atoms with Gasteiger partial charge in [-0.2, -0.15) is 0 Å². The maximum atomic E-state index is 12.5. The minimum atomic E-state index is -3.68. The zero-order chi connectivity index (χ0) is 19.3. The van der Waals surface area contributed by atoms with Crippen LogP contribution in [0.5, 0.6) is 0 Å². The fraction of sp³-hybridized carbons (Fsp3) is 0.278. The Morgan fingerprint density at radius 2 is 1.77 bits per heavy atom. The normalized spacial score (nSPS) is 12.5. The van der Waals surface area contributed by atoms with E-state index in [0.717, 1.165) is 16.1 Å². The molecule has 5 nitrogen and oxygen atoms in total. The highest BCUT2D eigenvalue weighted by atomic mass is 35.5. The van der Waals surface area contributed by atoms with Gasteiger partial charge in [-0.15, -0.1) is 0 Å². The number of amides is 1. The molecule has 8 heteroatoms. The highest BCUT2D eigenvalue weighted by molar-refractivity contribution is 7.92. The highest BCUT2D eigenvalue weighted by Crippen LogP contribution is 2.28. The Morgan fingerprint density at radius 3 is 2.31 bits per heavy atom. The van der Waals surface area contributed by atoms with Gasteiger partial charge in [-0.05, 0) is 30.2 Å². The molecule has 2 aromatic rings. The van der Waals surface area contributed by atoms with Crippen molar-refractivity contribution in [2.45, 2.75) is 19.4 Å². The van der Waals surface area contributed by atoms with Crippen LogP contribution in [-0.2, 0) is 14.8 Å². The summed E-state index contributed by atoms with van der Waals surface area (Å²) in [6.45, 7) is 1.60. The van der Waals surface area contributed by atoms with Crippen LogP contribution in [0.15, 0.2) is 48.5 Å². The second-order valence-corrected chi connectivity index (χ2v) is 8.53. The van der Waals surface area contributed by atoms with Crippen molar-refractivity contribution in [2.24, 2.45) is 0 Å². The second-order valence-electron chi connectivity index (χ2n) is 5.81. The molecule has 0 bridgehead atoms. The number of anilines is 1. The standard InChI is InChI=1S/C18H20Cl2N2O3S/c1-3-17(13-7-5-4-6-8-13)21-18(23)12-22(26(2,24)25)14-9-10-15(19)16(20)11-14/h4-11,17H,3,12H2,1-2H3,(H,21,23)/t17-/m1/s1. The largest absolute Gasteiger partial charge is 0.348 e. The van der Waals surface area contributed by atoms with Crippen LogP contribution in [0, 0.1) is 0 Å². The van der Waals surface area contributed by atoms with E-state index in [0.29, 0.717) is 11.4 Å². The van der Waals surface area contributed by atoms with Gasteiger partial charge in [-0.3, -0.25) is 9.10 Å². The number of hydrogen-bond acceptors (Lipinski definition) is 3. The van der Waals surface area contributed by atoms with E-state index in [-0.39, 0.29) is 23.3 Å². The average molecular weight is 415 g/mol. The van der Waals surface area contributed by atoms with Gasteiger partial charge in [0.05, 0.1) is 28.0 Å². The number of carbonyl (C=O) groups excluding carboxylic acids is 1. The SMILES string of the molecule is CC[C@@H](NC(=O)CN(c1ccc(Cl)c(Cl)c1)S(C)(=O)=O)c1ccccc1. The van der Waals surface area contributed by atoms with Gasteiger partial charge in [0.15, 0.2) is 0 Å². The highest BCUT2D eigenvalue weighted by Gasteiger charge is 2.23. The van der Waals surface area contributed by atoms with Gasteiger partial charge in [-0.25, -0.2) is 8.42 Å². The van der Waals surface area contributed by atoms with Crippen molar-refractivity contribution < 1.29 is 13.2 Å². The molecule has 0 aromatic heterocycles. The molecule has 0 aliphatic carbocycles. The summed E-state index contributed by atoms with van der Waals surface area (Å²) in [5.74, 6) is -0.405. The Bertz CT molecular complexity index is 873. The Hall–Kier alpha value is -1.76. The van der Waals surface area contributed by atoms with Crippen molar-refractivity contribution in [3.05, 3.63) is 64.1 Å². The Balaban J connectivity index is 2.20. The van der Waals surface area contributed by atoms with E-state index in [4.69, 9.17) is 23.2 Å². The quantitative estimate of drug-likeness (QED) is 0.743. The summed E-state index contributed by atoms with van der Waals surface area (Å²) >= 11 is 11.9. The molecule has 2 aromatic carbocycles. The maximum absolute atomic E-state index is 12.5. The monoisotopic (exact) mass is 414 g/mol. The average Bonchev–Trinajstić information content (AvgIpc) is 2.60. The molecular formula is C18H20Cl2N2O3S. The molecule has 0 radical (unpaired) electrons. The molecule has 0 aliphatic heterocycles. The number of hydrogen-bond donors (Lipinski definition) is 1. The van der Waals surface area contributed by atoms with E-state index in [2.05, 4.69) is 5.32 Å². The second kappa shape index (κ2) is 8.75. The number of rotatable bonds is 7. The van der Waals surface area contributed by atoms with Crippen LogP contribution in [-0.4, -0.2) is 27.1 Å². The predicted molar refractivity (Wildman–Crippen MR) is 106 cm³/mol. The van der Waals surface area contributed by atoms with Gasteiger partial charge in [0.25, 0.3) is 0 Å². The molecule has 0 saturated carbocycles. The minimum absolute atomic E-state index is 0.195. The number of nitrogens with one attached hydrogen (secondary N) is 1. The molecule has 0 heterocycles. The molecule has 140 valence electrons. The zero-order valence-electron chi connectivity index (χ0n) is 14.4. The lowest BCUT2D eigenvalue weighted by atomic mass is 10.0. The molecule has 0 unspecified atom stereocenters. The molecule has 1 atom stereocenters. The maximum Gasteiger partial charge on any atom is 0.241 e. The first-order valence-electron chi connectivity index (χ1n) is 7.99. The fourth-order valence-electron chi connectivity index (χ4n) is 2.52.